The van der Waals surface area contributed by atoms with Gasteiger partial charge in [0.25, 0.3) is 0 Å². The van der Waals surface area contributed by atoms with Crippen molar-refractivity contribution in [2.24, 2.45) is 0 Å². The number of rotatable bonds is 2. The summed E-state index contributed by atoms with van der Waals surface area (Å²) in [5, 5.41) is 2.59. The normalized spacial score (nSPS) is 11.9. The van der Waals surface area contributed by atoms with E-state index < -0.39 is 0 Å². The summed E-state index contributed by atoms with van der Waals surface area (Å²) in [5.74, 6) is 0. The lowest BCUT2D eigenvalue weighted by molar-refractivity contribution is 0.942. The largest absolute Gasteiger partial charge is 0.309 e. The van der Waals surface area contributed by atoms with E-state index in [0.29, 0.717) is 0 Å². The van der Waals surface area contributed by atoms with Crippen molar-refractivity contribution in [2.75, 3.05) is 0 Å². The molecule has 0 unspecified atom stereocenters. The zero-order valence-corrected chi connectivity index (χ0v) is 22.7. The minimum absolute atomic E-state index is 1.19. The number of aromatic nitrogens is 1. The summed E-state index contributed by atoms with van der Waals surface area (Å²) in [7, 11) is 0. The summed E-state index contributed by atoms with van der Waals surface area (Å²) in [6.07, 6.45) is 2.38. The van der Waals surface area contributed by atoms with E-state index >= 15 is 0 Å². The molecule has 0 fully saturated rings. The maximum atomic E-state index is 2.35. The van der Waals surface area contributed by atoms with E-state index in [9.17, 15) is 0 Å². The fraction of sp³-hybridized carbons (Fsp3) is 0.0769. The Morgan fingerprint density at radius 2 is 0.850 bits per heavy atom. The molecule has 192 valence electrons. The fourth-order valence-corrected chi connectivity index (χ4v) is 6.02. The maximum absolute atomic E-state index is 2.35. The zero-order valence-electron chi connectivity index (χ0n) is 22.7. The zero-order chi connectivity index (χ0) is 26.9. The van der Waals surface area contributed by atoms with Crippen LogP contribution in [-0.4, -0.2) is 4.57 Å². The van der Waals surface area contributed by atoms with Gasteiger partial charge in [0.05, 0.1) is 11.0 Å². The molecule has 1 aromatic heterocycles. The Morgan fingerprint density at radius 1 is 0.425 bits per heavy atom. The molecule has 0 radical (unpaired) electrons. The van der Waals surface area contributed by atoms with Crippen molar-refractivity contribution in [3.8, 4) is 27.9 Å². The summed E-state index contributed by atoms with van der Waals surface area (Å²) < 4.78 is 2.35. The van der Waals surface area contributed by atoms with Crippen LogP contribution in [0, 0.1) is 6.92 Å². The highest BCUT2D eigenvalue weighted by molar-refractivity contribution is 6.09. The smallest absolute Gasteiger partial charge is 0.0541 e. The van der Waals surface area contributed by atoms with Crippen LogP contribution in [0.3, 0.4) is 0 Å². The molecule has 1 aliphatic carbocycles. The summed E-state index contributed by atoms with van der Waals surface area (Å²) in [6, 6.07) is 52.3. The SMILES string of the molecule is Cc1ccc(-c2ccc(-n3c4ccccc4c4ccccc43)cc2)cc1.c1ccc2c(c1)CCc1ccccc1-2. The summed E-state index contributed by atoms with van der Waals surface area (Å²) in [4.78, 5) is 0. The Bertz CT molecular complexity index is 1840. The predicted molar refractivity (Wildman–Crippen MR) is 170 cm³/mol. The molecule has 0 aliphatic heterocycles. The number of benzene rings is 6. The van der Waals surface area contributed by atoms with Crippen LogP contribution in [0.1, 0.15) is 16.7 Å². The van der Waals surface area contributed by atoms with Crippen molar-refractivity contribution < 1.29 is 0 Å². The van der Waals surface area contributed by atoms with Gasteiger partial charge in [0.1, 0.15) is 0 Å². The highest BCUT2D eigenvalue weighted by Crippen LogP contribution is 2.34. The van der Waals surface area contributed by atoms with Crippen LogP contribution >= 0.6 is 0 Å². The van der Waals surface area contributed by atoms with E-state index in [1.54, 1.807) is 0 Å². The monoisotopic (exact) mass is 513 g/mol. The number of hydrogen-bond acceptors (Lipinski definition) is 0. The average molecular weight is 514 g/mol. The van der Waals surface area contributed by atoms with Crippen LogP contribution in [0.4, 0.5) is 0 Å². The Hall–Kier alpha value is -4.88. The van der Waals surface area contributed by atoms with Crippen LogP contribution in [0.25, 0.3) is 49.7 Å². The summed E-state index contributed by atoms with van der Waals surface area (Å²) in [5.41, 5.74) is 13.3. The second-order valence-electron chi connectivity index (χ2n) is 10.6. The van der Waals surface area contributed by atoms with E-state index in [1.807, 2.05) is 0 Å². The van der Waals surface area contributed by atoms with Crippen molar-refractivity contribution in [1.29, 1.82) is 0 Å². The molecule has 1 heteroatoms. The molecule has 0 N–H and O–H groups in total. The molecular formula is C39H31N. The first kappa shape index (κ1) is 24.2. The lowest BCUT2D eigenvalue weighted by Gasteiger charge is -2.19. The number of hydrogen-bond donors (Lipinski definition) is 0. The van der Waals surface area contributed by atoms with Gasteiger partial charge in [0.2, 0.25) is 0 Å². The molecular weight excluding hydrogens is 482 g/mol. The quantitative estimate of drug-likeness (QED) is 0.217. The van der Waals surface area contributed by atoms with Crippen LogP contribution in [0.5, 0.6) is 0 Å². The van der Waals surface area contributed by atoms with Gasteiger partial charge in [-0.2, -0.15) is 0 Å². The highest BCUT2D eigenvalue weighted by Gasteiger charge is 2.14. The van der Waals surface area contributed by atoms with Gasteiger partial charge in [-0.15, -0.1) is 0 Å². The Morgan fingerprint density at radius 3 is 1.38 bits per heavy atom. The summed E-state index contributed by atoms with van der Waals surface area (Å²) in [6.45, 7) is 2.12. The average Bonchev–Trinajstić information content (AvgIpc) is 3.36. The lowest BCUT2D eigenvalue weighted by atomic mass is 9.86. The molecule has 0 atom stereocenters. The third-order valence-corrected chi connectivity index (χ3v) is 8.08. The first-order chi connectivity index (χ1) is 19.8. The third kappa shape index (κ3) is 4.40. The second kappa shape index (κ2) is 10.4. The molecule has 1 aliphatic rings. The van der Waals surface area contributed by atoms with E-state index in [4.69, 9.17) is 0 Å². The third-order valence-electron chi connectivity index (χ3n) is 8.08. The van der Waals surface area contributed by atoms with E-state index in [0.717, 1.165) is 0 Å². The fourth-order valence-electron chi connectivity index (χ4n) is 6.02. The van der Waals surface area contributed by atoms with Gasteiger partial charge in [-0.1, -0.05) is 127 Å². The van der Waals surface area contributed by atoms with Crippen molar-refractivity contribution >= 4 is 21.8 Å². The van der Waals surface area contributed by atoms with Gasteiger partial charge in [-0.25, -0.2) is 0 Å². The Kier molecular flexibility index (Phi) is 6.26. The summed E-state index contributed by atoms with van der Waals surface area (Å²) >= 11 is 0. The Balaban J connectivity index is 0.000000159. The lowest BCUT2D eigenvalue weighted by Crippen LogP contribution is -2.02. The number of aryl methyl sites for hydroxylation is 3. The molecule has 0 spiro atoms. The van der Waals surface area contributed by atoms with Crippen LogP contribution in [-0.2, 0) is 12.8 Å². The Labute approximate surface area is 236 Å². The molecule has 40 heavy (non-hydrogen) atoms. The van der Waals surface area contributed by atoms with Crippen molar-refractivity contribution in [3.63, 3.8) is 0 Å². The molecule has 7 aromatic rings. The molecule has 8 rings (SSSR count). The number of nitrogens with zero attached hydrogens (tertiary/aromatic N) is 1. The van der Waals surface area contributed by atoms with Gasteiger partial charge >= 0.3 is 0 Å². The van der Waals surface area contributed by atoms with Gasteiger partial charge in [-0.3, -0.25) is 0 Å². The molecule has 1 heterocycles. The van der Waals surface area contributed by atoms with Crippen molar-refractivity contribution in [2.45, 2.75) is 19.8 Å². The molecule has 1 nitrogen and oxygen atoms in total. The first-order valence-corrected chi connectivity index (χ1v) is 14.1. The topological polar surface area (TPSA) is 4.93 Å². The minimum atomic E-state index is 1.19. The number of fused-ring (bicyclic) bond motifs is 6. The molecule has 0 saturated carbocycles. The second-order valence-corrected chi connectivity index (χ2v) is 10.6. The van der Waals surface area contributed by atoms with Crippen LogP contribution < -0.4 is 0 Å². The van der Waals surface area contributed by atoms with E-state index in [2.05, 4.69) is 157 Å². The standard InChI is InChI=1S/C25H19N.C14H12/c1-18-10-12-19(13-11-18)20-14-16-21(17-15-20)26-24-8-4-2-6-22(24)23-7-3-5-9-25(23)26;1-3-7-13-11(5-1)9-10-12-6-2-4-8-14(12)13/h2-17H,1H3;1-8H,9-10H2. The minimum Gasteiger partial charge on any atom is -0.309 e. The van der Waals surface area contributed by atoms with E-state index in [1.165, 1.54) is 79.3 Å². The molecule has 0 bridgehead atoms. The molecule has 0 saturated heterocycles. The first-order valence-electron chi connectivity index (χ1n) is 14.1. The molecule has 0 amide bonds. The van der Waals surface area contributed by atoms with Gasteiger partial charge in [0, 0.05) is 16.5 Å². The van der Waals surface area contributed by atoms with Gasteiger partial charge in [-0.05, 0) is 77.4 Å². The van der Waals surface area contributed by atoms with Crippen molar-refractivity contribution in [1.82, 2.24) is 4.57 Å². The maximum Gasteiger partial charge on any atom is 0.0541 e. The molecule has 6 aromatic carbocycles. The van der Waals surface area contributed by atoms with E-state index in [-0.39, 0.29) is 0 Å². The number of para-hydroxylation sites is 2. The van der Waals surface area contributed by atoms with Gasteiger partial charge < -0.3 is 4.57 Å². The predicted octanol–water partition coefficient (Wildman–Crippen LogP) is 10.2. The van der Waals surface area contributed by atoms with Crippen LogP contribution in [0.2, 0.25) is 0 Å². The van der Waals surface area contributed by atoms with Crippen LogP contribution in [0.15, 0.2) is 146 Å². The highest BCUT2D eigenvalue weighted by atomic mass is 15.0. The van der Waals surface area contributed by atoms with Crippen molar-refractivity contribution in [3.05, 3.63) is 162 Å². The van der Waals surface area contributed by atoms with Gasteiger partial charge in [0.15, 0.2) is 0 Å².